The Kier molecular flexibility index (Phi) is 5.89. The summed E-state index contributed by atoms with van der Waals surface area (Å²) < 4.78 is 13.1. The molecule has 0 aliphatic heterocycles. The largest absolute Gasteiger partial charge is 0.361 e. The van der Waals surface area contributed by atoms with Crippen LogP contribution in [0.25, 0.3) is 17.0 Å². The van der Waals surface area contributed by atoms with Gasteiger partial charge in [0.15, 0.2) is 0 Å². The standard InChI is InChI=1S/C25H20FN3O2/c26-20-12-10-17(11-13-20)15-28-25(31)23(29-24(30)18-6-2-1-3-7-18)14-19-16-27-22-9-5-4-8-21(19)22/h1-14,16,27H,15H2,(H,28,31)(H,29,30)/b23-14-. The van der Waals surface area contributed by atoms with E-state index in [1.54, 1.807) is 48.7 Å². The van der Waals surface area contributed by atoms with Crippen molar-refractivity contribution in [2.24, 2.45) is 0 Å². The molecule has 0 atom stereocenters. The van der Waals surface area contributed by atoms with E-state index in [0.717, 1.165) is 22.0 Å². The molecule has 0 fully saturated rings. The minimum atomic E-state index is -0.445. The molecule has 0 saturated heterocycles. The highest BCUT2D eigenvalue weighted by Gasteiger charge is 2.15. The molecule has 0 radical (unpaired) electrons. The highest BCUT2D eigenvalue weighted by Crippen LogP contribution is 2.20. The number of aromatic nitrogens is 1. The van der Waals surface area contributed by atoms with Gasteiger partial charge in [-0.3, -0.25) is 9.59 Å². The molecule has 4 aromatic rings. The van der Waals surface area contributed by atoms with Crippen LogP contribution in [0.5, 0.6) is 0 Å². The molecule has 0 aliphatic rings. The molecule has 154 valence electrons. The van der Waals surface area contributed by atoms with Crippen LogP contribution in [0.15, 0.2) is 90.8 Å². The molecule has 31 heavy (non-hydrogen) atoms. The molecule has 3 aromatic carbocycles. The summed E-state index contributed by atoms with van der Waals surface area (Å²) in [4.78, 5) is 28.8. The van der Waals surface area contributed by atoms with E-state index in [0.29, 0.717) is 5.56 Å². The quantitative estimate of drug-likeness (QED) is 0.410. The van der Waals surface area contributed by atoms with Crippen LogP contribution in [-0.2, 0) is 11.3 Å². The summed E-state index contributed by atoms with van der Waals surface area (Å²) in [5.41, 5.74) is 3.00. The van der Waals surface area contributed by atoms with Gasteiger partial charge in [0.2, 0.25) is 0 Å². The van der Waals surface area contributed by atoms with Crippen molar-refractivity contribution in [3.63, 3.8) is 0 Å². The first-order valence-electron chi connectivity index (χ1n) is 9.77. The minimum absolute atomic E-state index is 0.112. The van der Waals surface area contributed by atoms with E-state index in [-0.39, 0.29) is 24.0 Å². The van der Waals surface area contributed by atoms with Gasteiger partial charge >= 0.3 is 0 Å². The molecule has 0 saturated carbocycles. The fourth-order valence-corrected chi connectivity index (χ4v) is 3.19. The van der Waals surface area contributed by atoms with Crippen LogP contribution in [0.3, 0.4) is 0 Å². The van der Waals surface area contributed by atoms with Crippen LogP contribution in [-0.4, -0.2) is 16.8 Å². The summed E-state index contributed by atoms with van der Waals surface area (Å²) in [6.07, 6.45) is 3.42. The van der Waals surface area contributed by atoms with Crippen molar-refractivity contribution in [2.75, 3.05) is 0 Å². The molecule has 5 nitrogen and oxygen atoms in total. The number of aromatic amines is 1. The Balaban J connectivity index is 1.60. The summed E-state index contributed by atoms with van der Waals surface area (Å²) in [7, 11) is 0. The summed E-state index contributed by atoms with van der Waals surface area (Å²) in [5.74, 6) is -1.17. The molecular weight excluding hydrogens is 393 g/mol. The zero-order chi connectivity index (χ0) is 21.6. The van der Waals surface area contributed by atoms with Crippen LogP contribution in [0.4, 0.5) is 4.39 Å². The Hall–Kier alpha value is -4.19. The number of hydrogen-bond acceptors (Lipinski definition) is 2. The second kappa shape index (κ2) is 9.09. The van der Waals surface area contributed by atoms with Crippen molar-refractivity contribution in [1.82, 2.24) is 15.6 Å². The van der Waals surface area contributed by atoms with Gasteiger partial charge < -0.3 is 15.6 Å². The van der Waals surface area contributed by atoms with Crippen molar-refractivity contribution in [3.8, 4) is 0 Å². The average Bonchev–Trinajstić information content (AvgIpc) is 3.21. The summed E-state index contributed by atoms with van der Waals surface area (Å²) in [5, 5.41) is 6.43. The van der Waals surface area contributed by atoms with E-state index in [4.69, 9.17) is 0 Å². The number of halogens is 1. The SMILES string of the molecule is O=C(NCc1ccc(F)cc1)/C(=C/c1c[nH]c2ccccc12)NC(=O)c1ccccc1. The van der Waals surface area contributed by atoms with Crippen LogP contribution < -0.4 is 10.6 Å². The molecule has 0 bridgehead atoms. The molecule has 3 N–H and O–H groups in total. The van der Waals surface area contributed by atoms with Gasteiger partial charge in [-0.2, -0.15) is 0 Å². The maximum Gasteiger partial charge on any atom is 0.268 e. The number of fused-ring (bicyclic) bond motifs is 1. The molecule has 2 amide bonds. The molecule has 1 aromatic heterocycles. The molecule has 4 rings (SSSR count). The first-order chi connectivity index (χ1) is 15.1. The van der Waals surface area contributed by atoms with Crippen molar-refractivity contribution >= 4 is 28.8 Å². The summed E-state index contributed by atoms with van der Waals surface area (Å²) >= 11 is 0. The van der Waals surface area contributed by atoms with Crippen LogP contribution in [0.1, 0.15) is 21.5 Å². The highest BCUT2D eigenvalue weighted by molar-refractivity contribution is 6.06. The number of nitrogens with one attached hydrogen (secondary N) is 3. The third-order valence-corrected chi connectivity index (χ3v) is 4.82. The van der Waals surface area contributed by atoms with Gasteiger partial charge in [-0.15, -0.1) is 0 Å². The van der Waals surface area contributed by atoms with Gasteiger partial charge in [0.1, 0.15) is 11.5 Å². The third kappa shape index (κ3) is 4.87. The van der Waals surface area contributed by atoms with E-state index in [1.165, 1.54) is 12.1 Å². The van der Waals surface area contributed by atoms with E-state index in [2.05, 4.69) is 15.6 Å². The molecule has 0 spiro atoms. The summed E-state index contributed by atoms with van der Waals surface area (Å²) in [6, 6.07) is 22.2. The van der Waals surface area contributed by atoms with Crippen LogP contribution in [0.2, 0.25) is 0 Å². The molecular formula is C25H20FN3O2. The lowest BCUT2D eigenvalue weighted by molar-refractivity contribution is -0.117. The number of para-hydroxylation sites is 1. The van der Waals surface area contributed by atoms with Crippen LogP contribution in [0, 0.1) is 5.82 Å². The number of carbonyl (C=O) groups excluding carboxylic acids is 2. The Morgan fingerprint density at radius 2 is 1.61 bits per heavy atom. The smallest absolute Gasteiger partial charge is 0.268 e. The second-order valence-electron chi connectivity index (χ2n) is 6.98. The van der Waals surface area contributed by atoms with E-state index in [1.807, 2.05) is 30.3 Å². The lowest BCUT2D eigenvalue weighted by Gasteiger charge is -2.11. The molecule has 0 unspecified atom stereocenters. The minimum Gasteiger partial charge on any atom is -0.361 e. The number of H-pyrrole nitrogens is 1. The van der Waals surface area contributed by atoms with Gasteiger partial charge in [0, 0.05) is 34.8 Å². The third-order valence-electron chi connectivity index (χ3n) is 4.82. The lowest BCUT2D eigenvalue weighted by Crippen LogP contribution is -2.34. The number of amides is 2. The Morgan fingerprint density at radius 1 is 0.903 bits per heavy atom. The number of rotatable bonds is 6. The molecule has 6 heteroatoms. The van der Waals surface area contributed by atoms with E-state index in [9.17, 15) is 14.0 Å². The number of benzene rings is 3. The van der Waals surface area contributed by atoms with Gasteiger partial charge in [-0.05, 0) is 42.0 Å². The normalized spacial score (nSPS) is 11.3. The Labute approximate surface area is 178 Å². The predicted octanol–water partition coefficient (Wildman–Crippen LogP) is 4.39. The van der Waals surface area contributed by atoms with E-state index < -0.39 is 5.91 Å². The number of carbonyl (C=O) groups is 2. The van der Waals surface area contributed by atoms with Crippen molar-refractivity contribution in [3.05, 3.63) is 113 Å². The van der Waals surface area contributed by atoms with Crippen molar-refractivity contribution in [1.29, 1.82) is 0 Å². The first kappa shape index (κ1) is 20.1. The second-order valence-corrected chi connectivity index (χ2v) is 6.98. The highest BCUT2D eigenvalue weighted by atomic mass is 19.1. The fraction of sp³-hybridized carbons (Fsp3) is 0.0400. The number of hydrogen-bond donors (Lipinski definition) is 3. The van der Waals surface area contributed by atoms with E-state index >= 15 is 0 Å². The van der Waals surface area contributed by atoms with Gasteiger partial charge in [0.25, 0.3) is 11.8 Å². The van der Waals surface area contributed by atoms with Crippen LogP contribution >= 0.6 is 0 Å². The van der Waals surface area contributed by atoms with Gasteiger partial charge in [-0.25, -0.2) is 4.39 Å². The fourth-order valence-electron chi connectivity index (χ4n) is 3.19. The monoisotopic (exact) mass is 413 g/mol. The first-order valence-corrected chi connectivity index (χ1v) is 9.77. The zero-order valence-electron chi connectivity index (χ0n) is 16.6. The summed E-state index contributed by atoms with van der Waals surface area (Å²) in [6.45, 7) is 0.200. The van der Waals surface area contributed by atoms with Gasteiger partial charge in [0.05, 0.1) is 0 Å². The Morgan fingerprint density at radius 3 is 2.39 bits per heavy atom. The lowest BCUT2D eigenvalue weighted by atomic mass is 10.1. The van der Waals surface area contributed by atoms with Crippen molar-refractivity contribution < 1.29 is 14.0 Å². The van der Waals surface area contributed by atoms with Gasteiger partial charge in [-0.1, -0.05) is 48.5 Å². The molecule has 1 heterocycles. The Bertz CT molecular complexity index is 1240. The maximum atomic E-state index is 13.1. The predicted molar refractivity (Wildman–Crippen MR) is 118 cm³/mol. The van der Waals surface area contributed by atoms with Crippen molar-refractivity contribution in [2.45, 2.75) is 6.54 Å². The topological polar surface area (TPSA) is 74.0 Å². The molecule has 0 aliphatic carbocycles. The average molecular weight is 413 g/mol. The zero-order valence-corrected chi connectivity index (χ0v) is 16.6. The maximum absolute atomic E-state index is 13.1.